The zero-order valence-electron chi connectivity index (χ0n) is 7.43. The van der Waals surface area contributed by atoms with Gasteiger partial charge >= 0.3 is 0 Å². The molecule has 3 nitrogen and oxygen atoms in total. The number of alkyl halides is 2. The molecule has 1 heterocycles. The summed E-state index contributed by atoms with van der Waals surface area (Å²) in [5, 5.41) is -0.0961. The van der Waals surface area contributed by atoms with Crippen LogP contribution in [0.5, 0.6) is 5.88 Å². The van der Waals surface area contributed by atoms with Crippen LogP contribution in [0.15, 0.2) is 6.20 Å². The van der Waals surface area contributed by atoms with Crippen LogP contribution in [0, 0.1) is 0 Å². The lowest BCUT2D eigenvalue weighted by Crippen LogP contribution is -2.07. The Morgan fingerprint density at radius 1 is 1.64 bits per heavy atom. The van der Waals surface area contributed by atoms with Crippen molar-refractivity contribution in [2.45, 2.75) is 13.0 Å². The Morgan fingerprint density at radius 2 is 2.29 bits per heavy atom. The highest BCUT2D eigenvalue weighted by atomic mass is 35.5. The van der Waals surface area contributed by atoms with Crippen molar-refractivity contribution >= 4 is 11.6 Å². The molecule has 78 valence electrons. The van der Waals surface area contributed by atoms with Gasteiger partial charge in [0, 0.05) is 17.7 Å². The van der Waals surface area contributed by atoms with Gasteiger partial charge in [0.2, 0.25) is 5.88 Å². The van der Waals surface area contributed by atoms with Gasteiger partial charge in [0.05, 0.1) is 18.3 Å². The standard InChI is InChI=1S/C8H9ClF2N2O/c1-14-8-4(2-12)6(7(10)11)5(9)3-13-8/h3,7H,2,12H2,1H3. The van der Waals surface area contributed by atoms with Crippen molar-refractivity contribution in [3.05, 3.63) is 22.3 Å². The van der Waals surface area contributed by atoms with Gasteiger partial charge in [-0.3, -0.25) is 0 Å². The zero-order chi connectivity index (χ0) is 10.7. The Balaban J connectivity index is 3.35. The molecule has 1 aromatic heterocycles. The summed E-state index contributed by atoms with van der Waals surface area (Å²) in [6.45, 7) is -0.0869. The van der Waals surface area contributed by atoms with E-state index in [0.29, 0.717) is 0 Å². The summed E-state index contributed by atoms with van der Waals surface area (Å²) in [6, 6.07) is 0. The maximum atomic E-state index is 12.6. The van der Waals surface area contributed by atoms with E-state index in [1.807, 2.05) is 0 Å². The Kier molecular flexibility index (Phi) is 3.60. The van der Waals surface area contributed by atoms with E-state index in [1.165, 1.54) is 7.11 Å². The minimum absolute atomic E-state index is 0.0869. The minimum atomic E-state index is -2.68. The average Bonchev–Trinajstić information content (AvgIpc) is 2.16. The van der Waals surface area contributed by atoms with E-state index >= 15 is 0 Å². The number of hydrogen-bond acceptors (Lipinski definition) is 3. The first-order chi connectivity index (χ1) is 6.61. The van der Waals surface area contributed by atoms with Gasteiger partial charge in [0.25, 0.3) is 6.43 Å². The Labute approximate surface area is 84.8 Å². The summed E-state index contributed by atoms with van der Waals surface area (Å²) in [4.78, 5) is 3.74. The summed E-state index contributed by atoms with van der Waals surface area (Å²) in [5.41, 5.74) is 5.17. The first kappa shape index (κ1) is 11.1. The smallest absolute Gasteiger partial charge is 0.265 e. The summed E-state index contributed by atoms with van der Waals surface area (Å²) < 4.78 is 29.9. The molecule has 0 aliphatic carbocycles. The summed E-state index contributed by atoms with van der Waals surface area (Å²) in [6.07, 6.45) is -1.56. The maximum absolute atomic E-state index is 12.6. The number of nitrogens with two attached hydrogens (primary N) is 1. The molecule has 0 aliphatic heterocycles. The molecule has 0 aliphatic rings. The lowest BCUT2D eigenvalue weighted by Gasteiger charge is -2.11. The molecule has 1 rings (SSSR count). The van der Waals surface area contributed by atoms with E-state index in [4.69, 9.17) is 22.1 Å². The maximum Gasteiger partial charge on any atom is 0.265 e. The van der Waals surface area contributed by atoms with Gasteiger partial charge in [-0.05, 0) is 0 Å². The monoisotopic (exact) mass is 222 g/mol. The van der Waals surface area contributed by atoms with Gasteiger partial charge in [-0.15, -0.1) is 0 Å². The Hall–Kier alpha value is -0.940. The molecule has 6 heteroatoms. The van der Waals surface area contributed by atoms with Crippen LogP contribution in [0.1, 0.15) is 17.6 Å². The number of pyridine rings is 1. The van der Waals surface area contributed by atoms with Gasteiger partial charge in [-0.25, -0.2) is 13.8 Å². The van der Waals surface area contributed by atoms with Crippen LogP contribution in [0.2, 0.25) is 5.02 Å². The minimum Gasteiger partial charge on any atom is -0.481 e. The third-order valence-electron chi connectivity index (χ3n) is 1.75. The predicted octanol–water partition coefficient (Wildman–Crippen LogP) is 2.14. The third-order valence-corrected chi connectivity index (χ3v) is 2.05. The first-order valence-electron chi connectivity index (χ1n) is 3.81. The molecule has 0 spiro atoms. The Bertz CT molecular complexity index is 333. The molecule has 0 atom stereocenters. The van der Waals surface area contributed by atoms with Gasteiger partial charge in [-0.2, -0.15) is 0 Å². The molecule has 0 fully saturated rings. The van der Waals surface area contributed by atoms with Crippen molar-refractivity contribution < 1.29 is 13.5 Å². The summed E-state index contributed by atoms with van der Waals surface area (Å²) in [5.74, 6) is 0.0900. The van der Waals surface area contributed by atoms with Crippen LogP contribution in [0.3, 0.4) is 0 Å². The lowest BCUT2D eigenvalue weighted by molar-refractivity contribution is 0.149. The fraction of sp³-hybridized carbons (Fsp3) is 0.375. The number of halogens is 3. The summed E-state index contributed by atoms with van der Waals surface area (Å²) in [7, 11) is 1.34. The second-order valence-corrected chi connectivity index (χ2v) is 2.92. The van der Waals surface area contributed by atoms with Crippen molar-refractivity contribution in [2.75, 3.05) is 7.11 Å². The number of rotatable bonds is 3. The fourth-order valence-corrected chi connectivity index (χ4v) is 1.38. The highest BCUT2D eigenvalue weighted by Gasteiger charge is 2.20. The highest BCUT2D eigenvalue weighted by molar-refractivity contribution is 6.31. The predicted molar refractivity (Wildman–Crippen MR) is 48.6 cm³/mol. The topological polar surface area (TPSA) is 48.1 Å². The fourth-order valence-electron chi connectivity index (χ4n) is 1.13. The van der Waals surface area contributed by atoms with Crippen molar-refractivity contribution in [1.29, 1.82) is 0 Å². The van der Waals surface area contributed by atoms with E-state index in [2.05, 4.69) is 4.98 Å². The van der Waals surface area contributed by atoms with E-state index < -0.39 is 6.43 Å². The first-order valence-corrected chi connectivity index (χ1v) is 4.19. The lowest BCUT2D eigenvalue weighted by atomic mass is 10.1. The molecule has 1 aromatic rings. The largest absolute Gasteiger partial charge is 0.481 e. The van der Waals surface area contributed by atoms with E-state index in [-0.39, 0.29) is 28.6 Å². The SMILES string of the molecule is COc1ncc(Cl)c(C(F)F)c1CN. The zero-order valence-corrected chi connectivity index (χ0v) is 8.18. The molecule has 0 aromatic carbocycles. The number of aromatic nitrogens is 1. The van der Waals surface area contributed by atoms with Crippen LogP contribution in [-0.2, 0) is 6.54 Å². The van der Waals surface area contributed by atoms with Crippen molar-refractivity contribution in [2.24, 2.45) is 5.73 Å². The highest BCUT2D eigenvalue weighted by Crippen LogP contribution is 2.33. The molecular formula is C8H9ClF2N2O. The van der Waals surface area contributed by atoms with Gasteiger partial charge in [0.1, 0.15) is 0 Å². The number of nitrogens with zero attached hydrogens (tertiary/aromatic N) is 1. The molecule has 0 bridgehead atoms. The third kappa shape index (κ3) is 1.93. The molecule has 0 amide bonds. The molecule has 2 N–H and O–H groups in total. The molecule has 0 radical (unpaired) electrons. The molecule has 0 saturated carbocycles. The van der Waals surface area contributed by atoms with Crippen LogP contribution in [0.25, 0.3) is 0 Å². The molecule has 14 heavy (non-hydrogen) atoms. The number of hydrogen-bond donors (Lipinski definition) is 1. The van der Waals surface area contributed by atoms with Gasteiger partial charge in [-0.1, -0.05) is 11.6 Å². The number of methoxy groups -OCH3 is 1. The van der Waals surface area contributed by atoms with E-state index in [9.17, 15) is 8.78 Å². The summed E-state index contributed by atoms with van der Waals surface area (Å²) >= 11 is 5.58. The second-order valence-electron chi connectivity index (χ2n) is 2.51. The quantitative estimate of drug-likeness (QED) is 0.853. The van der Waals surface area contributed by atoms with Crippen LogP contribution in [-0.4, -0.2) is 12.1 Å². The normalized spacial score (nSPS) is 10.7. The second kappa shape index (κ2) is 4.52. The van der Waals surface area contributed by atoms with Crippen LogP contribution in [0.4, 0.5) is 8.78 Å². The molecule has 0 unspecified atom stereocenters. The van der Waals surface area contributed by atoms with Crippen LogP contribution >= 0.6 is 11.6 Å². The van der Waals surface area contributed by atoms with Gasteiger partial charge < -0.3 is 10.5 Å². The van der Waals surface area contributed by atoms with Gasteiger partial charge in [0.15, 0.2) is 0 Å². The van der Waals surface area contributed by atoms with Crippen molar-refractivity contribution in [3.63, 3.8) is 0 Å². The average molecular weight is 223 g/mol. The van der Waals surface area contributed by atoms with Crippen molar-refractivity contribution in [1.82, 2.24) is 4.98 Å². The number of ether oxygens (including phenoxy) is 1. The van der Waals surface area contributed by atoms with Crippen LogP contribution < -0.4 is 10.5 Å². The van der Waals surface area contributed by atoms with E-state index in [1.54, 1.807) is 0 Å². The molecular weight excluding hydrogens is 214 g/mol. The van der Waals surface area contributed by atoms with E-state index in [0.717, 1.165) is 6.20 Å². The molecule has 0 saturated heterocycles. The Morgan fingerprint density at radius 3 is 2.71 bits per heavy atom. The van der Waals surface area contributed by atoms with Crippen molar-refractivity contribution in [3.8, 4) is 5.88 Å².